The summed E-state index contributed by atoms with van der Waals surface area (Å²) in [6.07, 6.45) is 0. The van der Waals surface area contributed by atoms with Gasteiger partial charge in [-0.15, -0.1) is 0 Å². The Hall–Kier alpha value is -1.22. The molecule has 0 aliphatic heterocycles. The predicted molar refractivity (Wildman–Crippen MR) is 48.3 cm³/mol. The minimum absolute atomic E-state index is 0.551. The average molecular weight is 151 g/mol. The lowest BCUT2D eigenvalue weighted by Gasteiger charge is -2.05. The summed E-state index contributed by atoms with van der Waals surface area (Å²) < 4.78 is 0. The molecule has 0 spiro atoms. The summed E-state index contributed by atoms with van der Waals surface area (Å²) in [5, 5.41) is 2.99. The molecular formula is C8H13N3. The third-order valence-electron chi connectivity index (χ3n) is 1.62. The third kappa shape index (κ3) is 1.62. The molecule has 0 heterocycles. The van der Waals surface area contributed by atoms with Crippen LogP contribution in [0.25, 0.3) is 0 Å². The molecule has 0 aliphatic carbocycles. The first kappa shape index (κ1) is 7.88. The Morgan fingerprint density at radius 1 is 1.45 bits per heavy atom. The van der Waals surface area contributed by atoms with Crippen molar-refractivity contribution in [3.05, 3.63) is 23.8 Å². The van der Waals surface area contributed by atoms with E-state index in [1.54, 1.807) is 0 Å². The van der Waals surface area contributed by atoms with Gasteiger partial charge >= 0.3 is 0 Å². The van der Waals surface area contributed by atoms with E-state index in [1.165, 1.54) is 0 Å². The van der Waals surface area contributed by atoms with Crippen LogP contribution >= 0.6 is 0 Å². The largest absolute Gasteiger partial charge is 0.397 e. The van der Waals surface area contributed by atoms with Crippen LogP contribution in [-0.2, 0) is 6.54 Å². The molecule has 0 aliphatic rings. The zero-order valence-corrected chi connectivity index (χ0v) is 6.59. The number of hydrogen-bond donors (Lipinski definition) is 3. The fourth-order valence-corrected chi connectivity index (χ4v) is 0.947. The highest BCUT2D eigenvalue weighted by Gasteiger charge is 1.96. The predicted octanol–water partition coefficient (Wildman–Crippen LogP) is 0.769. The number of rotatable bonds is 2. The molecule has 0 aromatic heterocycles. The number of hydrogen-bond acceptors (Lipinski definition) is 3. The van der Waals surface area contributed by atoms with E-state index >= 15 is 0 Å². The number of nitrogens with two attached hydrogens (primary N) is 2. The van der Waals surface area contributed by atoms with Gasteiger partial charge < -0.3 is 16.8 Å². The topological polar surface area (TPSA) is 64.1 Å². The van der Waals surface area contributed by atoms with Crippen molar-refractivity contribution < 1.29 is 0 Å². The van der Waals surface area contributed by atoms with E-state index in [4.69, 9.17) is 11.5 Å². The van der Waals surface area contributed by atoms with Gasteiger partial charge in [-0.1, -0.05) is 6.07 Å². The Morgan fingerprint density at radius 3 is 2.73 bits per heavy atom. The Labute approximate surface area is 66.4 Å². The molecule has 0 atom stereocenters. The van der Waals surface area contributed by atoms with Crippen LogP contribution in [0.3, 0.4) is 0 Å². The molecular weight excluding hydrogens is 138 g/mol. The number of nitrogen functional groups attached to an aromatic ring is 1. The van der Waals surface area contributed by atoms with E-state index in [-0.39, 0.29) is 0 Å². The van der Waals surface area contributed by atoms with E-state index in [0.717, 1.165) is 16.9 Å². The SMILES string of the molecule is CNc1cc(CN)ccc1N. The van der Waals surface area contributed by atoms with Gasteiger partial charge in [-0.05, 0) is 17.7 Å². The van der Waals surface area contributed by atoms with Crippen molar-refractivity contribution in [2.24, 2.45) is 5.73 Å². The second-order valence-electron chi connectivity index (χ2n) is 2.38. The van der Waals surface area contributed by atoms with Gasteiger partial charge in [0.25, 0.3) is 0 Å². The molecule has 0 saturated heterocycles. The van der Waals surface area contributed by atoms with Crippen molar-refractivity contribution in [1.29, 1.82) is 0 Å². The molecule has 1 rings (SSSR count). The van der Waals surface area contributed by atoms with Gasteiger partial charge in [0.1, 0.15) is 0 Å². The number of benzene rings is 1. The summed E-state index contributed by atoms with van der Waals surface area (Å²) in [6, 6.07) is 5.74. The first-order valence-electron chi connectivity index (χ1n) is 3.54. The molecule has 0 saturated carbocycles. The molecule has 3 heteroatoms. The summed E-state index contributed by atoms with van der Waals surface area (Å²) in [6.45, 7) is 0.551. The Kier molecular flexibility index (Phi) is 2.33. The highest BCUT2D eigenvalue weighted by Crippen LogP contribution is 2.18. The molecule has 11 heavy (non-hydrogen) atoms. The zero-order chi connectivity index (χ0) is 8.27. The quantitative estimate of drug-likeness (QED) is 0.547. The lowest BCUT2D eigenvalue weighted by molar-refractivity contribution is 1.07. The van der Waals surface area contributed by atoms with Gasteiger partial charge in [-0.25, -0.2) is 0 Å². The van der Waals surface area contributed by atoms with Gasteiger partial charge in [0.2, 0.25) is 0 Å². The first-order valence-corrected chi connectivity index (χ1v) is 3.54. The van der Waals surface area contributed by atoms with E-state index in [2.05, 4.69) is 5.32 Å². The Morgan fingerprint density at radius 2 is 2.18 bits per heavy atom. The second-order valence-corrected chi connectivity index (χ2v) is 2.38. The van der Waals surface area contributed by atoms with Gasteiger partial charge in [-0.2, -0.15) is 0 Å². The van der Waals surface area contributed by atoms with E-state index in [9.17, 15) is 0 Å². The fraction of sp³-hybridized carbons (Fsp3) is 0.250. The van der Waals surface area contributed by atoms with Crippen LogP contribution in [0, 0.1) is 0 Å². The second kappa shape index (κ2) is 3.25. The monoisotopic (exact) mass is 151 g/mol. The lowest BCUT2D eigenvalue weighted by Crippen LogP contribution is -2.00. The fourth-order valence-electron chi connectivity index (χ4n) is 0.947. The van der Waals surface area contributed by atoms with E-state index < -0.39 is 0 Å². The van der Waals surface area contributed by atoms with Crippen LogP contribution in [0.5, 0.6) is 0 Å². The van der Waals surface area contributed by atoms with Crippen LogP contribution < -0.4 is 16.8 Å². The first-order chi connectivity index (χ1) is 5.27. The van der Waals surface area contributed by atoms with Crippen molar-refractivity contribution in [3.63, 3.8) is 0 Å². The smallest absolute Gasteiger partial charge is 0.0574 e. The van der Waals surface area contributed by atoms with Gasteiger partial charge in [0.05, 0.1) is 11.4 Å². The van der Waals surface area contributed by atoms with Crippen molar-refractivity contribution in [2.75, 3.05) is 18.1 Å². The maximum Gasteiger partial charge on any atom is 0.0574 e. The molecule has 1 aromatic carbocycles. The highest BCUT2D eigenvalue weighted by molar-refractivity contribution is 5.66. The maximum absolute atomic E-state index is 5.65. The average Bonchev–Trinajstić information content (AvgIpc) is 2.05. The van der Waals surface area contributed by atoms with Gasteiger partial charge in [-0.3, -0.25) is 0 Å². The summed E-state index contributed by atoms with van der Waals surface area (Å²) in [5.74, 6) is 0. The highest BCUT2D eigenvalue weighted by atomic mass is 14.8. The minimum atomic E-state index is 0.551. The number of anilines is 2. The van der Waals surface area contributed by atoms with E-state index in [0.29, 0.717) is 6.54 Å². The third-order valence-corrected chi connectivity index (χ3v) is 1.62. The standard InChI is InChI=1S/C8H13N3/c1-11-8-4-6(5-9)2-3-7(8)10/h2-4,11H,5,9-10H2,1H3. The van der Waals surface area contributed by atoms with E-state index in [1.807, 2.05) is 25.2 Å². The summed E-state index contributed by atoms with van der Waals surface area (Å²) in [7, 11) is 1.84. The lowest BCUT2D eigenvalue weighted by atomic mass is 10.2. The minimum Gasteiger partial charge on any atom is -0.397 e. The van der Waals surface area contributed by atoms with Gasteiger partial charge in [0.15, 0.2) is 0 Å². The number of nitrogens with one attached hydrogen (secondary N) is 1. The van der Waals surface area contributed by atoms with Crippen LogP contribution in [0.1, 0.15) is 5.56 Å². The molecule has 0 radical (unpaired) electrons. The molecule has 5 N–H and O–H groups in total. The van der Waals surface area contributed by atoms with Crippen molar-refractivity contribution >= 4 is 11.4 Å². The molecule has 0 unspecified atom stereocenters. The summed E-state index contributed by atoms with van der Waals surface area (Å²) in [5.41, 5.74) is 13.9. The summed E-state index contributed by atoms with van der Waals surface area (Å²) >= 11 is 0. The van der Waals surface area contributed by atoms with Crippen LogP contribution in [-0.4, -0.2) is 7.05 Å². The molecule has 3 nitrogen and oxygen atoms in total. The summed E-state index contributed by atoms with van der Waals surface area (Å²) in [4.78, 5) is 0. The molecule has 0 fully saturated rings. The normalized spacial score (nSPS) is 9.64. The Balaban J connectivity index is 3.02. The van der Waals surface area contributed by atoms with Crippen molar-refractivity contribution in [1.82, 2.24) is 0 Å². The van der Waals surface area contributed by atoms with Crippen LogP contribution in [0.4, 0.5) is 11.4 Å². The molecule has 60 valence electrons. The molecule has 0 bridgehead atoms. The molecule has 1 aromatic rings. The van der Waals surface area contributed by atoms with Crippen molar-refractivity contribution in [2.45, 2.75) is 6.54 Å². The van der Waals surface area contributed by atoms with Crippen LogP contribution in [0.2, 0.25) is 0 Å². The van der Waals surface area contributed by atoms with Crippen LogP contribution in [0.15, 0.2) is 18.2 Å². The Bertz CT molecular complexity index is 245. The van der Waals surface area contributed by atoms with Crippen molar-refractivity contribution in [3.8, 4) is 0 Å². The maximum atomic E-state index is 5.65. The molecule has 0 amide bonds. The zero-order valence-electron chi connectivity index (χ0n) is 6.59. The van der Waals surface area contributed by atoms with Gasteiger partial charge in [0, 0.05) is 13.6 Å².